The van der Waals surface area contributed by atoms with Crippen molar-refractivity contribution in [3.8, 4) is 11.4 Å². The van der Waals surface area contributed by atoms with Crippen molar-refractivity contribution in [1.29, 1.82) is 0 Å². The number of amides is 3. The lowest BCUT2D eigenvalue weighted by molar-refractivity contribution is 0.0822. The van der Waals surface area contributed by atoms with Gasteiger partial charge in [0.1, 0.15) is 11.5 Å². The monoisotopic (exact) mass is 410 g/mol. The summed E-state index contributed by atoms with van der Waals surface area (Å²) in [4.78, 5) is 37.3. The molecule has 2 fully saturated rings. The Morgan fingerprint density at radius 3 is 2.43 bits per heavy atom. The van der Waals surface area contributed by atoms with E-state index in [9.17, 15) is 9.59 Å². The van der Waals surface area contributed by atoms with Gasteiger partial charge in [-0.1, -0.05) is 0 Å². The molecule has 4 rings (SSSR count). The fraction of sp³-hybridized carbons (Fsp3) is 0.429. The molecule has 2 N–H and O–H groups in total. The van der Waals surface area contributed by atoms with Gasteiger partial charge in [-0.15, -0.1) is 0 Å². The highest BCUT2D eigenvalue weighted by molar-refractivity contribution is 5.93. The Morgan fingerprint density at radius 1 is 1.10 bits per heavy atom. The zero-order valence-corrected chi connectivity index (χ0v) is 17.2. The second-order valence-electron chi connectivity index (χ2n) is 7.68. The minimum Gasteiger partial charge on any atom is -0.378 e. The van der Waals surface area contributed by atoms with Crippen LogP contribution in [0.2, 0.25) is 0 Å². The first-order valence-electron chi connectivity index (χ1n) is 10.1. The molecule has 158 valence electrons. The van der Waals surface area contributed by atoms with E-state index in [1.54, 1.807) is 32.3 Å². The van der Waals surface area contributed by atoms with Crippen molar-refractivity contribution in [3.05, 3.63) is 36.0 Å². The van der Waals surface area contributed by atoms with Gasteiger partial charge in [0.2, 0.25) is 0 Å². The average molecular weight is 410 g/mol. The molecule has 2 aliphatic rings. The molecule has 3 amide bonds. The van der Waals surface area contributed by atoms with Crippen LogP contribution in [0.3, 0.4) is 0 Å². The molecule has 2 heterocycles. The number of rotatable bonds is 5. The quantitative estimate of drug-likeness (QED) is 0.782. The van der Waals surface area contributed by atoms with Crippen molar-refractivity contribution in [3.63, 3.8) is 0 Å². The molecule has 9 heteroatoms. The molecule has 2 aromatic rings. The average Bonchev–Trinajstić information content (AvgIpc) is 3.57. The van der Waals surface area contributed by atoms with Crippen LogP contribution < -0.4 is 15.5 Å². The highest BCUT2D eigenvalue weighted by atomic mass is 16.5. The molecular weight excluding hydrogens is 384 g/mol. The smallest absolute Gasteiger partial charge is 0.319 e. The van der Waals surface area contributed by atoms with E-state index in [0.717, 1.165) is 18.4 Å². The van der Waals surface area contributed by atoms with Crippen LogP contribution in [0, 0.1) is 0 Å². The molecule has 0 unspecified atom stereocenters. The number of urea groups is 1. The lowest BCUT2D eigenvalue weighted by Gasteiger charge is -2.28. The van der Waals surface area contributed by atoms with Crippen LogP contribution in [0.15, 0.2) is 30.3 Å². The third-order valence-electron chi connectivity index (χ3n) is 4.99. The highest BCUT2D eigenvalue weighted by Gasteiger charge is 2.23. The molecule has 9 nitrogen and oxygen atoms in total. The summed E-state index contributed by atoms with van der Waals surface area (Å²) in [5.74, 6) is 1.00. The lowest BCUT2D eigenvalue weighted by atomic mass is 10.2. The highest BCUT2D eigenvalue weighted by Crippen LogP contribution is 2.24. The van der Waals surface area contributed by atoms with E-state index >= 15 is 0 Å². The Hall–Kier alpha value is -3.20. The van der Waals surface area contributed by atoms with Crippen LogP contribution in [0.5, 0.6) is 0 Å². The molecule has 1 aliphatic carbocycles. The van der Waals surface area contributed by atoms with E-state index < -0.39 is 0 Å². The largest absolute Gasteiger partial charge is 0.378 e. The minimum absolute atomic E-state index is 0.178. The molecule has 0 radical (unpaired) electrons. The Morgan fingerprint density at radius 2 is 1.80 bits per heavy atom. The molecule has 0 atom stereocenters. The zero-order chi connectivity index (χ0) is 21.1. The van der Waals surface area contributed by atoms with Crippen molar-refractivity contribution >= 4 is 23.4 Å². The number of hydrogen-bond acceptors (Lipinski definition) is 6. The number of nitrogens with one attached hydrogen (secondary N) is 2. The van der Waals surface area contributed by atoms with Crippen molar-refractivity contribution in [2.24, 2.45) is 0 Å². The summed E-state index contributed by atoms with van der Waals surface area (Å²) in [6.07, 6.45) is 2.08. The van der Waals surface area contributed by atoms with Crippen LogP contribution >= 0.6 is 0 Å². The number of carbonyl (C=O) groups is 2. The van der Waals surface area contributed by atoms with Crippen LogP contribution in [0.25, 0.3) is 11.4 Å². The maximum atomic E-state index is 12.6. The Kier molecular flexibility index (Phi) is 5.80. The molecular formula is C21H26N6O3. The van der Waals surface area contributed by atoms with Gasteiger partial charge in [0.15, 0.2) is 5.82 Å². The first-order chi connectivity index (χ1) is 14.5. The van der Waals surface area contributed by atoms with Crippen molar-refractivity contribution < 1.29 is 14.3 Å². The number of aromatic nitrogens is 2. The number of morpholine rings is 1. The van der Waals surface area contributed by atoms with Gasteiger partial charge in [-0.05, 0) is 37.1 Å². The Balaban J connectivity index is 1.58. The summed E-state index contributed by atoms with van der Waals surface area (Å²) in [6, 6.07) is 9.13. The Bertz CT molecular complexity index is 921. The third-order valence-corrected chi connectivity index (χ3v) is 4.99. The van der Waals surface area contributed by atoms with E-state index in [0.29, 0.717) is 55.4 Å². The van der Waals surface area contributed by atoms with Gasteiger partial charge in [0.25, 0.3) is 5.91 Å². The van der Waals surface area contributed by atoms with Gasteiger partial charge in [0, 0.05) is 50.5 Å². The Labute approximate surface area is 175 Å². The molecule has 1 aromatic carbocycles. The van der Waals surface area contributed by atoms with Gasteiger partial charge >= 0.3 is 6.03 Å². The number of ether oxygens (including phenoxy) is 1. The summed E-state index contributed by atoms with van der Waals surface area (Å²) < 4.78 is 5.42. The SMILES string of the molecule is CN(C)C(=O)c1cc(N2CCOCC2)nc(-c2ccc(NC(=O)NC3CC3)cc2)n1. The number of anilines is 2. The second kappa shape index (κ2) is 8.66. The first-order valence-corrected chi connectivity index (χ1v) is 10.1. The van der Waals surface area contributed by atoms with E-state index in [2.05, 4.69) is 20.5 Å². The van der Waals surface area contributed by atoms with Gasteiger partial charge in [-0.2, -0.15) is 0 Å². The van der Waals surface area contributed by atoms with E-state index in [-0.39, 0.29) is 11.9 Å². The second-order valence-corrected chi connectivity index (χ2v) is 7.68. The summed E-state index contributed by atoms with van der Waals surface area (Å²) in [7, 11) is 3.40. The third kappa shape index (κ3) is 4.85. The van der Waals surface area contributed by atoms with Gasteiger partial charge < -0.3 is 25.2 Å². The van der Waals surface area contributed by atoms with Crippen LogP contribution in [0.1, 0.15) is 23.3 Å². The normalized spacial score (nSPS) is 16.1. The maximum Gasteiger partial charge on any atom is 0.319 e. The predicted molar refractivity (Wildman–Crippen MR) is 114 cm³/mol. The lowest BCUT2D eigenvalue weighted by Crippen LogP contribution is -2.37. The maximum absolute atomic E-state index is 12.6. The number of nitrogens with zero attached hydrogens (tertiary/aromatic N) is 4. The van der Waals surface area contributed by atoms with Crippen molar-refractivity contribution in [2.45, 2.75) is 18.9 Å². The van der Waals surface area contributed by atoms with Gasteiger partial charge in [-0.25, -0.2) is 14.8 Å². The number of benzene rings is 1. The fourth-order valence-electron chi connectivity index (χ4n) is 3.14. The van der Waals surface area contributed by atoms with E-state index in [4.69, 9.17) is 9.72 Å². The number of hydrogen-bond donors (Lipinski definition) is 2. The predicted octanol–water partition coefficient (Wildman–Crippen LogP) is 1.97. The summed E-state index contributed by atoms with van der Waals surface area (Å²) in [5.41, 5.74) is 1.80. The van der Waals surface area contributed by atoms with Gasteiger partial charge in [-0.3, -0.25) is 4.79 Å². The molecule has 30 heavy (non-hydrogen) atoms. The summed E-state index contributed by atoms with van der Waals surface area (Å²) in [6.45, 7) is 2.68. The molecule has 1 saturated carbocycles. The van der Waals surface area contributed by atoms with E-state index in [1.807, 2.05) is 12.1 Å². The molecule has 1 aromatic heterocycles. The minimum atomic E-state index is -0.199. The van der Waals surface area contributed by atoms with Crippen LogP contribution in [-0.4, -0.2) is 73.2 Å². The van der Waals surface area contributed by atoms with Crippen molar-refractivity contribution in [2.75, 3.05) is 50.6 Å². The van der Waals surface area contributed by atoms with Crippen molar-refractivity contribution in [1.82, 2.24) is 20.2 Å². The summed E-state index contributed by atoms with van der Waals surface area (Å²) in [5, 5.41) is 5.72. The fourth-order valence-corrected chi connectivity index (χ4v) is 3.14. The molecule has 0 bridgehead atoms. The zero-order valence-electron chi connectivity index (χ0n) is 17.2. The van der Waals surface area contributed by atoms with Crippen LogP contribution in [-0.2, 0) is 4.74 Å². The molecule has 1 aliphatic heterocycles. The molecule has 0 spiro atoms. The van der Waals surface area contributed by atoms with E-state index in [1.165, 1.54) is 4.90 Å². The molecule has 1 saturated heterocycles. The topological polar surface area (TPSA) is 99.7 Å². The van der Waals surface area contributed by atoms with Gasteiger partial charge in [0.05, 0.1) is 13.2 Å². The summed E-state index contributed by atoms with van der Waals surface area (Å²) >= 11 is 0. The number of carbonyl (C=O) groups excluding carboxylic acids is 2. The van der Waals surface area contributed by atoms with Crippen LogP contribution in [0.4, 0.5) is 16.3 Å². The first kappa shape index (κ1) is 20.1. The standard InChI is InChI=1S/C21H26N6O3/c1-26(2)20(28)17-13-18(27-9-11-30-12-10-27)25-19(24-17)14-3-5-15(6-4-14)22-21(29)23-16-7-8-16/h3-6,13,16H,7-12H2,1-2H3,(H2,22,23,29).